The van der Waals surface area contributed by atoms with Gasteiger partial charge in [-0.25, -0.2) is 0 Å². The molecular weight excluding hydrogens is 256 g/mol. The summed E-state index contributed by atoms with van der Waals surface area (Å²) in [5.41, 5.74) is 1.44. The van der Waals surface area contributed by atoms with Gasteiger partial charge in [-0.1, -0.05) is 42.5 Å². The van der Waals surface area contributed by atoms with Crippen molar-refractivity contribution in [3.63, 3.8) is 0 Å². The molecule has 3 rings (SSSR count). The fourth-order valence-corrected chi connectivity index (χ4v) is 3.85. The van der Waals surface area contributed by atoms with Crippen molar-refractivity contribution in [2.45, 2.75) is 19.4 Å². The van der Waals surface area contributed by atoms with E-state index in [1.165, 1.54) is 31.5 Å². The van der Waals surface area contributed by atoms with Gasteiger partial charge in [0.25, 0.3) is 0 Å². The summed E-state index contributed by atoms with van der Waals surface area (Å²) in [6, 6.07) is 10.9. The molecule has 0 N–H and O–H groups in total. The highest BCUT2D eigenvalue weighted by molar-refractivity contribution is 5.15. The molecule has 2 nitrogen and oxygen atoms in total. The lowest BCUT2D eigenvalue weighted by atomic mass is 9.93. The van der Waals surface area contributed by atoms with E-state index in [1.807, 2.05) is 0 Å². The van der Waals surface area contributed by atoms with Crippen LogP contribution < -0.4 is 0 Å². The maximum Gasteiger partial charge on any atom is 0.0234 e. The van der Waals surface area contributed by atoms with Gasteiger partial charge in [0, 0.05) is 26.2 Å². The first-order valence-electron chi connectivity index (χ1n) is 8.30. The molecule has 2 heteroatoms. The minimum Gasteiger partial charge on any atom is -0.308 e. The molecule has 2 bridgehead atoms. The number of nitrogens with zero attached hydrogens (tertiary/aromatic N) is 2. The summed E-state index contributed by atoms with van der Waals surface area (Å²) in [5, 5.41) is 0. The molecule has 2 aliphatic rings. The summed E-state index contributed by atoms with van der Waals surface area (Å²) >= 11 is 0. The maximum atomic E-state index is 2.66. The molecule has 3 unspecified atom stereocenters. The fraction of sp³-hybridized carbons (Fsp3) is 0.579. The molecule has 0 heterocycles. The lowest BCUT2D eigenvalue weighted by Gasteiger charge is -2.29. The van der Waals surface area contributed by atoms with Crippen molar-refractivity contribution in [3.8, 4) is 0 Å². The largest absolute Gasteiger partial charge is 0.308 e. The molecule has 0 saturated heterocycles. The Labute approximate surface area is 129 Å². The quantitative estimate of drug-likeness (QED) is 0.709. The molecule has 1 aromatic rings. The SMILES string of the molecule is CN(C)CCN(Cc1ccccc1)CC1CC2C=CC1C2. The summed E-state index contributed by atoms with van der Waals surface area (Å²) in [5.74, 6) is 2.62. The first kappa shape index (κ1) is 14.8. The lowest BCUT2D eigenvalue weighted by Crippen LogP contribution is -2.36. The Morgan fingerprint density at radius 2 is 1.81 bits per heavy atom. The zero-order chi connectivity index (χ0) is 14.7. The molecule has 1 aromatic carbocycles. The number of likely N-dealkylation sites (N-methyl/N-ethyl adjacent to an activating group) is 1. The molecule has 114 valence electrons. The second kappa shape index (κ2) is 6.76. The third-order valence-corrected chi connectivity index (χ3v) is 5.02. The molecule has 0 amide bonds. The van der Waals surface area contributed by atoms with Crippen LogP contribution in [0, 0.1) is 17.8 Å². The van der Waals surface area contributed by atoms with Crippen LogP contribution in [0.2, 0.25) is 0 Å². The highest BCUT2D eigenvalue weighted by Crippen LogP contribution is 2.43. The van der Waals surface area contributed by atoms with Crippen LogP contribution in [0.4, 0.5) is 0 Å². The van der Waals surface area contributed by atoms with E-state index in [-0.39, 0.29) is 0 Å². The molecule has 0 radical (unpaired) electrons. The van der Waals surface area contributed by atoms with Crippen LogP contribution in [0.15, 0.2) is 42.5 Å². The zero-order valence-electron chi connectivity index (χ0n) is 13.4. The maximum absolute atomic E-state index is 2.66. The van der Waals surface area contributed by atoms with Crippen LogP contribution in [0.5, 0.6) is 0 Å². The topological polar surface area (TPSA) is 6.48 Å². The van der Waals surface area contributed by atoms with Gasteiger partial charge in [-0.3, -0.25) is 4.90 Å². The predicted octanol–water partition coefficient (Wildman–Crippen LogP) is 3.26. The van der Waals surface area contributed by atoms with E-state index < -0.39 is 0 Å². The molecule has 21 heavy (non-hydrogen) atoms. The molecule has 1 saturated carbocycles. The minimum atomic E-state index is 0.854. The van der Waals surface area contributed by atoms with E-state index in [9.17, 15) is 0 Å². The first-order chi connectivity index (χ1) is 10.2. The molecule has 2 aliphatic carbocycles. The van der Waals surface area contributed by atoms with Gasteiger partial charge >= 0.3 is 0 Å². The summed E-state index contributed by atoms with van der Waals surface area (Å²) < 4.78 is 0. The average Bonchev–Trinajstić information content (AvgIpc) is 3.08. The van der Waals surface area contributed by atoms with Crippen LogP contribution >= 0.6 is 0 Å². The molecule has 0 aliphatic heterocycles. The molecule has 3 atom stereocenters. The summed E-state index contributed by atoms with van der Waals surface area (Å²) in [4.78, 5) is 4.95. The normalized spacial score (nSPS) is 27.1. The monoisotopic (exact) mass is 284 g/mol. The lowest BCUT2D eigenvalue weighted by molar-refractivity contribution is 0.189. The number of hydrogen-bond donors (Lipinski definition) is 0. The van der Waals surface area contributed by atoms with E-state index in [0.717, 1.165) is 30.8 Å². The number of fused-ring (bicyclic) bond motifs is 2. The summed E-state index contributed by atoms with van der Waals surface area (Å²) in [6.45, 7) is 4.66. The van der Waals surface area contributed by atoms with Gasteiger partial charge in [-0.2, -0.15) is 0 Å². The van der Waals surface area contributed by atoms with E-state index in [1.54, 1.807) is 0 Å². The van der Waals surface area contributed by atoms with Gasteiger partial charge in [-0.05, 0) is 50.3 Å². The standard InChI is InChI=1S/C19H28N2/c1-20(2)10-11-21(14-16-6-4-3-5-7-16)15-19-13-17-8-9-18(19)12-17/h3-9,17-19H,10-15H2,1-2H3. The van der Waals surface area contributed by atoms with Crippen molar-refractivity contribution in [1.82, 2.24) is 9.80 Å². The third-order valence-electron chi connectivity index (χ3n) is 5.02. The second-order valence-electron chi connectivity index (χ2n) is 7.06. The van der Waals surface area contributed by atoms with Gasteiger partial charge in [0.05, 0.1) is 0 Å². The average molecular weight is 284 g/mol. The van der Waals surface area contributed by atoms with E-state index in [0.29, 0.717) is 0 Å². The van der Waals surface area contributed by atoms with Gasteiger partial charge < -0.3 is 4.90 Å². The number of allylic oxidation sites excluding steroid dienone is 2. The number of hydrogen-bond acceptors (Lipinski definition) is 2. The third kappa shape index (κ3) is 3.96. The molecule has 1 fully saturated rings. The van der Waals surface area contributed by atoms with Gasteiger partial charge in [0.2, 0.25) is 0 Å². The Bertz CT molecular complexity index is 466. The van der Waals surface area contributed by atoms with Crippen molar-refractivity contribution in [3.05, 3.63) is 48.0 Å². The zero-order valence-corrected chi connectivity index (χ0v) is 13.4. The van der Waals surface area contributed by atoms with Crippen LogP contribution in [0.3, 0.4) is 0 Å². The van der Waals surface area contributed by atoms with E-state index in [2.05, 4.69) is 66.4 Å². The van der Waals surface area contributed by atoms with Crippen molar-refractivity contribution >= 4 is 0 Å². The van der Waals surface area contributed by atoms with Crippen molar-refractivity contribution in [1.29, 1.82) is 0 Å². The highest BCUT2D eigenvalue weighted by Gasteiger charge is 2.36. The Balaban J connectivity index is 1.60. The number of rotatable bonds is 7. The second-order valence-corrected chi connectivity index (χ2v) is 7.06. The smallest absolute Gasteiger partial charge is 0.0234 e. The highest BCUT2D eigenvalue weighted by atomic mass is 15.2. The summed E-state index contributed by atoms with van der Waals surface area (Å²) in [6.07, 6.45) is 7.75. The van der Waals surface area contributed by atoms with E-state index >= 15 is 0 Å². The van der Waals surface area contributed by atoms with Crippen molar-refractivity contribution in [2.75, 3.05) is 33.7 Å². The Kier molecular flexibility index (Phi) is 4.77. The Hall–Kier alpha value is -1.12. The summed E-state index contributed by atoms with van der Waals surface area (Å²) in [7, 11) is 4.34. The van der Waals surface area contributed by atoms with Gasteiger partial charge in [-0.15, -0.1) is 0 Å². The van der Waals surface area contributed by atoms with Crippen LogP contribution in [-0.2, 0) is 6.54 Å². The Morgan fingerprint density at radius 3 is 2.43 bits per heavy atom. The van der Waals surface area contributed by atoms with E-state index in [4.69, 9.17) is 0 Å². The molecule has 0 aromatic heterocycles. The molecular formula is C19H28N2. The minimum absolute atomic E-state index is 0.854. The molecule has 0 spiro atoms. The van der Waals surface area contributed by atoms with Crippen molar-refractivity contribution in [2.24, 2.45) is 17.8 Å². The van der Waals surface area contributed by atoms with Gasteiger partial charge in [0.15, 0.2) is 0 Å². The van der Waals surface area contributed by atoms with Gasteiger partial charge in [0.1, 0.15) is 0 Å². The first-order valence-corrected chi connectivity index (χ1v) is 8.30. The number of benzene rings is 1. The fourth-order valence-electron chi connectivity index (χ4n) is 3.85. The van der Waals surface area contributed by atoms with Crippen LogP contribution in [0.25, 0.3) is 0 Å². The Morgan fingerprint density at radius 1 is 1.00 bits per heavy atom. The predicted molar refractivity (Wildman–Crippen MR) is 89.1 cm³/mol. The van der Waals surface area contributed by atoms with Crippen LogP contribution in [-0.4, -0.2) is 43.5 Å². The van der Waals surface area contributed by atoms with Crippen LogP contribution in [0.1, 0.15) is 18.4 Å². The van der Waals surface area contributed by atoms with Crippen molar-refractivity contribution < 1.29 is 0 Å².